The molecule has 3 amide bonds. The highest BCUT2D eigenvalue weighted by molar-refractivity contribution is 7.98. The number of allylic oxidation sites excluding steroid dienone is 3. The number of carbonyl (C=O) groups excluding carboxylic acids is 2. The monoisotopic (exact) mass is 409 g/mol. The van der Waals surface area contributed by atoms with E-state index in [0.29, 0.717) is 30.4 Å². The zero-order chi connectivity index (χ0) is 20.4. The van der Waals surface area contributed by atoms with Gasteiger partial charge in [0, 0.05) is 10.5 Å². The molecule has 0 radical (unpaired) electrons. The van der Waals surface area contributed by atoms with E-state index in [9.17, 15) is 9.59 Å². The van der Waals surface area contributed by atoms with Crippen LogP contribution in [0.3, 0.4) is 0 Å². The highest BCUT2D eigenvalue weighted by Gasteiger charge is 2.46. The van der Waals surface area contributed by atoms with E-state index in [4.69, 9.17) is 4.52 Å². The van der Waals surface area contributed by atoms with Gasteiger partial charge in [0.1, 0.15) is 11.6 Å². The first-order valence-electron chi connectivity index (χ1n) is 9.44. The Kier molecular flexibility index (Phi) is 5.44. The van der Waals surface area contributed by atoms with Gasteiger partial charge in [-0.15, -0.1) is 11.8 Å². The number of aromatic nitrogens is 2. The van der Waals surface area contributed by atoms with Crippen LogP contribution in [0.25, 0.3) is 11.4 Å². The maximum absolute atomic E-state index is 13.0. The molecule has 2 aliphatic rings. The molecule has 29 heavy (non-hydrogen) atoms. The van der Waals surface area contributed by atoms with Crippen LogP contribution >= 0.6 is 11.8 Å². The molecular formula is C21H21N4O3S+. The van der Waals surface area contributed by atoms with Gasteiger partial charge in [-0.05, 0) is 43.0 Å². The van der Waals surface area contributed by atoms with Gasteiger partial charge in [0.15, 0.2) is 6.54 Å². The summed E-state index contributed by atoms with van der Waals surface area (Å²) >= 11 is 1.66. The van der Waals surface area contributed by atoms with Crippen LogP contribution in [-0.4, -0.2) is 50.1 Å². The van der Waals surface area contributed by atoms with Crippen LogP contribution in [0.4, 0.5) is 4.79 Å². The third kappa shape index (κ3) is 3.67. The molecule has 1 aromatic carbocycles. The van der Waals surface area contributed by atoms with Crippen molar-refractivity contribution in [2.24, 2.45) is 5.92 Å². The SMILES string of the molecule is CCCN1C(=O)C2C=CC=CC2=[N+](Cc2nc(-c3ccc(SC)cc3)no2)C1=O. The van der Waals surface area contributed by atoms with Crippen LogP contribution in [0.2, 0.25) is 0 Å². The second-order valence-corrected chi connectivity index (χ2v) is 7.63. The Labute approximate surface area is 172 Å². The predicted molar refractivity (Wildman–Crippen MR) is 110 cm³/mol. The molecule has 2 aromatic rings. The Balaban J connectivity index is 1.64. The lowest BCUT2D eigenvalue weighted by Crippen LogP contribution is -2.54. The van der Waals surface area contributed by atoms with Crippen molar-refractivity contribution >= 4 is 29.4 Å². The van der Waals surface area contributed by atoms with Crippen molar-refractivity contribution in [2.45, 2.75) is 24.8 Å². The molecule has 1 unspecified atom stereocenters. The molecule has 148 valence electrons. The lowest BCUT2D eigenvalue weighted by Gasteiger charge is -2.26. The molecular weight excluding hydrogens is 388 g/mol. The average molecular weight is 409 g/mol. The molecule has 0 saturated carbocycles. The minimum atomic E-state index is -0.467. The number of nitrogens with zero attached hydrogens (tertiary/aromatic N) is 4. The second kappa shape index (κ2) is 8.16. The minimum Gasteiger partial charge on any atom is -0.335 e. The summed E-state index contributed by atoms with van der Waals surface area (Å²) in [6.07, 6.45) is 9.97. The highest BCUT2D eigenvalue weighted by atomic mass is 32.2. The standard InChI is InChI=1S/C21H21N4O3S/c1-3-12-24-20(26)16-6-4-5-7-17(16)25(21(24)27)13-18-22-19(23-28-18)14-8-10-15(29-2)11-9-14/h4-11,16H,3,12-13H2,1-2H3/q+1. The Morgan fingerprint density at radius 1 is 1.21 bits per heavy atom. The van der Waals surface area contributed by atoms with Crippen LogP contribution in [-0.2, 0) is 11.3 Å². The van der Waals surface area contributed by atoms with E-state index in [1.165, 1.54) is 4.90 Å². The maximum Gasteiger partial charge on any atom is 0.501 e. The first kappa shape index (κ1) is 19.3. The van der Waals surface area contributed by atoms with E-state index in [1.54, 1.807) is 22.4 Å². The van der Waals surface area contributed by atoms with E-state index in [2.05, 4.69) is 10.1 Å². The van der Waals surface area contributed by atoms with Crippen LogP contribution in [0.5, 0.6) is 0 Å². The van der Waals surface area contributed by atoms with Crippen LogP contribution in [0.1, 0.15) is 19.2 Å². The first-order chi connectivity index (χ1) is 14.1. The smallest absolute Gasteiger partial charge is 0.335 e. The normalized spacial score (nSPS) is 18.6. The number of imide groups is 1. The molecule has 0 spiro atoms. The summed E-state index contributed by atoms with van der Waals surface area (Å²) in [6, 6.07) is 7.52. The predicted octanol–water partition coefficient (Wildman–Crippen LogP) is 3.53. The molecule has 1 atom stereocenters. The van der Waals surface area contributed by atoms with Crippen molar-refractivity contribution in [3.63, 3.8) is 0 Å². The Hall–Kier alpha value is -3.00. The lowest BCUT2D eigenvalue weighted by molar-refractivity contribution is -0.460. The van der Waals surface area contributed by atoms with Gasteiger partial charge in [-0.1, -0.05) is 30.3 Å². The molecule has 4 rings (SSSR count). The van der Waals surface area contributed by atoms with Crippen molar-refractivity contribution in [3.05, 3.63) is 54.5 Å². The number of benzene rings is 1. The van der Waals surface area contributed by atoms with Gasteiger partial charge in [-0.2, -0.15) is 19.3 Å². The number of amides is 3. The summed E-state index contributed by atoms with van der Waals surface area (Å²) in [7, 11) is 0. The number of urea groups is 1. The molecule has 1 aromatic heterocycles. The summed E-state index contributed by atoms with van der Waals surface area (Å²) < 4.78 is 6.96. The van der Waals surface area contributed by atoms with Crippen LogP contribution in [0.15, 0.2) is 58.0 Å². The summed E-state index contributed by atoms with van der Waals surface area (Å²) in [5.74, 6) is 0.135. The lowest BCUT2D eigenvalue weighted by atomic mass is 9.94. The summed E-state index contributed by atoms with van der Waals surface area (Å²) in [4.78, 5) is 32.6. The molecule has 7 nitrogen and oxygen atoms in total. The van der Waals surface area contributed by atoms with Crippen molar-refractivity contribution in [3.8, 4) is 11.4 Å². The van der Waals surface area contributed by atoms with Crippen molar-refractivity contribution in [2.75, 3.05) is 12.8 Å². The molecule has 0 fully saturated rings. The van der Waals surface area contributed by atoms with Crippen LogP contribution < -0.4 is 0 Å². The highest BCUT2D eigenvalue weighted by Crippen LogP contribution is 2.23. The number of hydrogen-bond acceptors (Lipinski definition) is 6. The summed E-state index contributed by atoms with van der Waals surface area (Å²) in [5, 5.41) is 4.05. The Bertz CT molecular complexity index is 1040. The molecule has 0 N–H and O–H groups in total. The van der Waals surface area contributed by atoms with Gasteiger partial charge >= 0.3 is 11.9 Å². The number of thioether (sulfide) groups is 1. The van der Waals surface area contributed by atoms with E-state index in [1.807, 2.05) is 55.7 Å². The van der Waals surface area contributed by atoms with E-state index < -0.39 is 5.92 Å². The molecule has 1 aliphatic heterocycles. The van der Waals surface area contributed by atoms with Crippen molar-refractivity contribution in [1.82, 2.24) is 15.0 Å². The fraction of sp³-hybridized carbons (Fsp3) is 0.286. The third-order valence-electron chi connectivity index (χ3n) is 4.86. The maximum atomic E-state index is 13.0. The Morgan fingerprint density at radius 2 is 2.00 bits per heavy atom. The zero-order valence-corrected chi connectivity index (χ0v) is 17.1. The second-order valence-electron chi connectivity index (χ2n) is 6.75. The van der Waals surface area contributed by atoms with E-state index in [0.717, 1.165) is 10.5 Å². The van der Waals surface area contributed by atoms with Gasteiger partial charge in [-0.25, -0.2) is 4.79 Å². The zero-order valence-electron chi connectivity index (χ0n) is 16.2. The van der Waals surface area contributed by atoms with E-state index in [-0.39, 0.29) is 18.5 Å². The molecule has 0 saturated heterocycles. The van der Waals surface area contributed by atoms with Gasteiger partial charge in [-0.3, -0.25) is 0 Å². The minimum absolute atomic E-state index is 0.117. The largest absolute Gasteiger partial charge is 0.501 e. The molecule has 0 bridgehead atoms. The Morgan fingerprint density at radius 3 is 2.72 bits per heavy atom. The van der Waals surface area contributed by atoms with Crippen LogP contribution in [0, 0.1) is 5.92 Å². The van der Waals surface area contributed by atoms with Gasteiger partial charge < -0.3 is 4.52 Å². The van der Waals surface area contributed by atoms with Gasteiger partial charge in [0.25, 0.3) is 5.89 Å². The molecule has 1 aliphatic carbocycles. The molecule has 8 heteroatoms. The third-order valence-corrected chi connectivity index (χ3v) is 5.61. The fourth-order valence-electron chi connectivity index (χ4n) is 3.42. The van der Waals surface area contributed by atoms with Gasteiger partial charge in [0.2, 0.25) is 5.82 Å². The molecule has 2 heterocycles. The summed E-state index contributed by atoms with van der Waals surface area (Å²) in [5.41, 5.74) is 1.48. The fourth-order valence-corrected chi connectivity index (χ4v) is 3.82. The van der Waals surface area contributed by atoms with Crippen molar-refractivity contribution < 1.29 is 18.7 Å². The van der Waals surface area contributed by atoms with Gasteiger partial charge in [0.05, 0.1) is 6.54 Å². The summed E-state index contributed by atoms with van der Waals surface area (Å²) in [6.45, 7) is 2.44. The first-order valence-corrected chi connectivity index (χ1v) is 10.7. The quantitative estimate of drug-likeness (QED) is 0.536. The number of rotatable bonds is 6. The number of fused-ring (bicyclic) bond motifs is 1. The van der Waals surface area contributed by atoms with Crippen molar-refractivity contribution in [1.29, 1.82) is 0 Å². The average Bonchev–Trinajstić information content (AvgIpc) is 3.23. The van der Waals surface area contributed by atoms with E-state index >= 15 is 0 Å². The number of hydrogen-bond donors (Lipinski definition) is 0. The number of carbonyl (C=O) groups is 2. The topological polar surface area (TPSA) is 79.3 Å².